The van der Waals surface area contributed by atoms with E-state index in [0.717, 1.165) is 51.0 Å². The van der Waals surface area contributed by atoms with E-state index in [0.29, 0.717) is 25.6 Å². The minimum Gasteiger partial charge on any atom is -0.390 e. The lowest BCUT2D eigenvalue weighted by atomic mass is 10.0. The number of nitrogens with one attached hydrogen (secondary N) is 1. The summed E-state index contributed by atoms with van der Waals surface area (Å²) in [7, 11) is 0. The van der Waals surface area contributed by atoms with Crippen LogP contribution in [0.15, 0.2) is 0 Å². The Bertz CT molecular complexity index is 576. The SMILES string of the molecule is O=C1CCCN1C[C@@H](O)CN1CCC[C@H]1c1nc2c([nH]1)CCCC2. The van der Waals surface area contributed by atoms with Gasteiger partial charge < -0.3 is 15.0 Å². The average Bonchev–Trinajstić information content (AvgIpc) is 3.27. The number of nitrogens with zero attached hydrogens (tertiary/aromatic N) is 3. The Hall–Kier alpha value is -1.40. The summed E-state index contributed by atoms with van der Waals surface area (Å²) in [5, 5.41) is 10.4. The van der Waals surface area contributed by atoms with Gasteiger partial charge in [0.1, 0.15) is 5.82 Å². The molecule has 2 N–H and O–H groups in total. The van der Waals surface area contributed by atoms with Gasteiger partial charge in [0.25, 0.3) is 0 Å². The molecule has 1 aromatic heterocycles. The number of rotatable bonds is 5. The molecular formula is C18H28N4O2. The summed E-state index contributed by atoms with van der Waals surface area (Å²) in [6, 6.07) is 0.291. The summed E-state index contributed by atoms with van der Waals surface area (Å²) in [5.41, 5.74) is 2.58. The molecule has 24 heavy (non-hydrogen) atoms. The van der Waals surface area contributed by atoms with Crippen LogP contribution in [0.3, 0.4) is 0 Å². The number of hydrogen-bond acceptors (Lipinski definition) is 4. The number of carbonyl (C=O) groups excluding carboxylic acids is 1. The molecule has 2 fully saturated rings. The van der Waals surface area contributed by atoms with Crippen molar-refractivity contribution in [1.29, 1.82) is 0 Å². The highest BCUT2D eigenvalue weighted by Gasteiger charge is 2.32. The van der Waals surface area contributed by atoms with Crippen LogP contribution in [-0.2, 0) is 17.6 Å². The zero-order chi connectivity index (χ0) is 16.5. The summed E-state index contributed by atoms with van der Waals surface area (Å²) < 4.78 is 0. The monoisotopic (exact) mass is 332 g/mol. The van der Waals surface area contributed by atoms with Crippen molar-refractivity contribution in [1.82, 2.24) is 19.8 Å². The van der Waals surface area contributed by atoms with Gasteiger partial charge in [0, 0.05) is 31.7 Å². The maximum absolute atomic E-state index is 11.7. The molecule has 4 rings (SSSR count). The third-order valence-electron chi connectivity index (χ3n) is 5.70. The van der Waals surface area contributed by atoms with Crippen molar-refractivity contribution in [3.05, 3.63) is 17.2 Å². The van der Waals surface area contributed by atoms with Crippen LogP contribution in [-0.4, -0.2) is 63.1 Å². The third kappa shape index (κ3) is 3.22. The molecule has 1 amide bonds. The molecule has 6 nitrogen and oxygen atoms in total. The van der Waals surface area contributed by atoms with E-state index in [1.54, 1.807) is 4.90 Å². The van der Waals surface area contributed by atoms with Gasteiger partial charge in [-0.05, 0) is 51.5 Å². The molecule has 0 aromatic carbocycles. The lowest BCUT2D eigenvalue weighted by molar-refractivity contribution is -0.129. The first kappa shape index (κ1) is 16.1. The van der Waals surface area contributed by atoms with Gasteiger partial charge >= 0.3 is 0 Å². The number of amides is 1. The van der Waals surface area contributed by atoms with Gasteiger partial charge in [0.05, 0.1) is 17.8 Å². The van der Waals surface area contributed by atoms with E-state index in [1.807, 2.05) is 0 Å². The van der Waals surface area contributed by atoms with Crippen molar-refractivity contribution >= 4 is 5.91 Å². The molecular weight excluding hydrogens is 304 g/mol. The number of β-amino-alcohol motifs (C(OH)–C–C–N with tert-alkyl or cyclic N) is 1. The Morgan fingerprint density at radius 3 is 2.79 bits per heavy atom. The normalized spacial score (nSPS) is 26.1. The Morgan fingerprint density at radius 2 is 2.00 bits per heavy atom. The van der Waals surface area contributed by atoms with E-state index >= 15 is 0 Å². The number of carbonyl (C=O) groups is 1. The van der Waals surface area contributed by atoms with Gasteiger partial charge in [-0.2, -0.15) is 0 Å². The number of aromatic nitrogens is 2. The van der Waals surface area contributed by atoms with Crippen molar-refractivity contribution in [2.24, 2.45) is 0 Å². The van der Waals surface area contributed by atoms with Crippen LogP contribution >= 0.6 is 0 Å². The second-order valence-corrected chi connectivity index (χ2v) is 7.50. The average molecular weight is 332 g/mol. The van der Waals surface area contributed by atoms with Gasteiger partial charge in [-0.3, -0.25) is 9.69 Å². The number of hydrogen-bond donors (Lipinski definition) is 2. The Morgan fingerprint density at radius 1 is 1.12 bits per heavy atom. The molecule has 0 unspecified atom stereocenters. The first-order valence-electron chi connectivity index (χ1n) is 9.48. The minimum atomic E-state index is -0.475. The molecule has 0 bridgehead atoms. The molecule has 0 saturated carbocycles. The second-order valence-electron chi connectivity index (χ2n) is 7.50. The van der Waals surface area contributed by atoms with Crippen molar-refractivity contribution in [3.63, 3.8) is 0 Å². The molecule has 0 spiro atoms. The molecule has 1 aliphatic carbocycles. The number of aromatic amines is 1. The smallest absolute Gasteiger partial charge is 0.222 e. The van der Waals surface area contributed by atoms with Crippen LogP contribution in [0.2, 0.25) is 0 Å². The minimum absolute atomic E-state index is 0.186. The van der Waals surface area contributed by atoms with Crippen molar-refractivity contribution in [2.75, 3.05) is 26.2 Å². The van der Waals surface area contributed by atoms with E-state index in [2.05, 4.69) is 9.88 Å². The Balaban J connectivity index is 1.39. The van der Waals surface area contributed by atoms with Crippen molar-refractivity contribution in [2.45, 2.75) is 63.5 Å². The largest absolute Gasteiger partial charge is 0.390 e. The van der Waals surface area contributed by atoms with Crippen molar-refractivity contribution in [3.8, 4) is 0 Å². The highest BCUT2D eigenvalue weighted by Crippen LogP contribution is 2.32. The van der Waals surface area contributed by atoms with Crippen LogP contribution in [0.1, 0.15) is 61.8 Å². The van der Waals surface area contributed by atoms with Gasteiger partial charge in [0.2, 0.25) is 5.91 Å². The summed E-state index contributed by atoms with van der Waals surface area (Å²) in [6.07, 6.45) is 8.05. The Labute approximate surface area is 143 Å². The zero-order valence-electron chi connectivity index (χ0n) is 14.3. The van der Waals surface area contributed by atoms with Gasteiger partial charge in [-0.1, -0.05) is 0 Å². The molecule has 1 aromatic rings. The number of H-pyrrole nitrogens is 1. The van der Waals surface area contributed by atoms with Gasteiger partial charge in [-0.25, -0.2) is 4.98 Å². The fraction of sp³-hybridized carbons (Fsp3) is 0.778. The standard InChI is InChI=1S/C18H28N4O2/c23-13(12-22-10-4-8-17(22)24)11-21-9-3-7-16(21)18-19-14-5-1-2-6-15(14)20-18/h13,16,23H,1-12H2,(H,19,20)/t13-,16-/m0/s1. The number of fused-ring (bicyclic) bond motifs is 1. The van der Waals surface area contributed by atoms with E-state index in [-0.39, 0.29) is 5.91 Å². The fourth-order valence-corrected chi connectivity index (χ4v) is 4.47. The maximum atomic E-state index is 11.7. The molecule has 132 valence electrons. The van der Waals surface area contributed by atoms with Gasteiger partial charge in [-0.15, -0.1) is 0 Å². The van der Waals surface area contributed by atoms with Gasteiger partial charge in [0.15, 0.2) is 0 Å². The highest BCUT2D eigenvalue weighted by molar-refractivity contribution is 5.78. The molecule has 2 atom stereocenters. The molecule has 3 heterocycles. The van der Waals surface area contributed by atoms with Crippen LogP contribution in [0.5, 0.6) is 0 Å². The lowest BCUT2D eigenvalue weighted by Gasteiger charge is -2.27. The predicted molar refractivity (Wildman–Crippen MR) is 90.6 cm³/mol. The predicted octanol–water partition coefficient (Wildman–Crippen LogP) is 1.41. The zero-order valence-corrected chi connectivity index (χ0v) is 14.3. The first-order chi connectivity index (χ1) is 11.7. The molecule has 3 aliphatic rings. The summed E-state index contributed by atoms with van der Waals surface area (Å²) >= 11 is 0. The van der Waals surface area contributed by atoms with E-state index in [9.17, 15) is 9.90 Å². The van der Waals surface area contributed by atoms with Crippen LogP contribution < -0.4 is 0 Å². The number of aliphatic hydroxyl groups excluding tert-OH is 1. The number of likely N-dealkylation sites (tertiary alicyclic amines) is 2. The molecule has 2 aliphatic heterocycles. The van der Waals surface area contributed by atoms with Crippen LogP contribution in [0.4, 0.5) is 0 Å². The van der Waals surface area contributed by atoms with Crippen molar-refractivity contribution < 1.29 is 9.90 Å². The maximum Gasteiger partial charge on any atom is 0.222 e. The summed E-state index contributed by atoms with van der Waals surface area (Å²) in [5.74, 6) is 1.27. The highest BCUT2D eigenvalue weighted by atomic mass is 16.3. The number of aryl methyl sites for hydroxylation is 2. The quantitative estimate of drug-likeness (QED) is 0.855. The number of imidazole rings is 1. The summed E-state index contributed by atoms with van der Waals surface area (Å²) in [4.78, 5) is 24.3. The van der Waals surface area contributed by atoms with Crippen LogP contribution in [0.25, 0.3) is 0 Å². The third-order valence-corrected chi connectivity index (χ3v) is 5.70. The first-order valence-corrected chi connectivity index (χ1v) is 9.48. The lowest BCUT2D eigenvalue weighted by Crippen LogP contribution is -2.40. The topological polar surface area (TPSA) is 72.5 Å². The molecule has 0 radical (unpaired) electrons. The molecule has 6 heteroatoms. The Kier molecular flexibility index (Phi) is 4.59. The van der Waals surface area contributed by atoms with E-state index < -0.39 is 6.10 Å². The fourth-order valence-electron chi connectivity index (χ4n) is 4.47. The number of aliphatic hydroxyl groups is 1. The second kappa shape index (κ2) is 6.84. The van der Waals surface area contributed by atoms with E-state index in [1.165, 1.54) is 24.2 Å². The van der Waals surface area contributed by atoms with Crippen LogP contribution in [0, 0.1) is 0 Å². The van der Waals surface area contributed by atoms with E-state index in [4.69, 9.17) is 4.98 Å². The molecule has 2 saturated heterocycles. The summed E-state index contributed by atoms with van der Waals surface area (Å²) in [6.45, 7) is 2.89.